The van der Waals surface area contributed by atoms with Crippen LogP contribution in [0.1, 0.15) is 2.85 Å². The molecular weight excluding hydrogens is 102 g/mol. The molecule has 1 rings (SSSR count). The molecule has 3 nitrogen and oxygen atoms in total. The van der Waals surface area contributed by atoms with Gasteiger partial charge in [-0.15, -0.1) is 0 Å². The number of rotatable bonds is 0. The van der Waals surface area contributed by atoms with E-state index in [1.165, 1.54) is 0 Å². The number of anilines is 1. The number of nitrogens with two attached hydrogens (primary N) is 1. The maximum atomic E-state index is 5.16. The van der Waals surface area contributed by atoms with E-state index in [0.717, 1.165) is 0 Å². The van der Waals surface area contributed by atoms with E-state index in [1.807, 2.05) is 0 Å². The minimum atomic E-state index is 0. The van der Waals surface area contributed by atoms with Gasteiger partial charge in [-0.2, -0.15) is 5.10 Å². The summed E-state index contributed by atoms with van der Waals surface area (Å²) in [4.78, 5) is 0. The second-order valence-corrected chi connectivity index (χ2v) is 1.01. The van der Waals surface area contributed by atoms with Crippen molar-refractivity contribution in [2.45, 2.75) is 0 Å². The summed E-state index contributed by atoms with van der Waals surface area (Å²) in [5.41, 5.74) is 5.16. The van der Waals surface area contributed by atoms with Crippen LogP contribution in [0.25, 0.3) is 0 Å². The van der Waals surface area contributed by atoms with Crippen molar-refractivity contribution in [1.82, 2.24) is 10.2 Å². The molecule has 0 aliphatic heterocycles. The molecule has 36 valence electrons. The molecule has 0 atom stereocenters. The average Bonchev–Trinajstić information content (AvgIpc) is 1.86. The molecule has 3 N–H and O–H groups in total. The Morgan fingerprint density at radius 2 is 2.57 bits per heavy atom. The normalized spacial score (nSPS) is 7.43. The third-order valence-corrected chi connectivity index (χ3v) is 0.522. The van der Waals surface area contributed by atoms with Gasteiger partial charge >= 0.3 is 23.1 Å². The molecule has 0 fully saturated rings. The van der Waals surface area contributed by atoms with Crippen molar-refractivity contribution in [3.05, 3.63) is 12.3 Å². The van der Waals surface area contributed by atoms with Gasteiger partial charge in [-0.1, -0.05) is 0 Å². The van der Waals surface area contributed by atoms with Crippen molar-refractivity contribution in [1.29, 1.82) is 0 Å². The van der Waals surface area contributed by atoms with Crippen molar-refractivity contribution < 1.29 is 2.85 Å². The van der Waals surface area contributed by atoms with E-state index >= 15 is 0 Å². The van der Waals surface area contributed by atoms with Gasteiger partial charge in [0.1, 0.15) is 5.82 Å². The second kappa shape index (κ2) is 2.87. The molecule has 1 aromatic heterocycles. The molecule has 7 heavy (non-hydrogen) atoms. The van der Waals surface area contributed by atoms with Gasteiger partial charge in [-0.3, -0.25) is 5.10 Å². The van der Waals surface area contributed by atoms with Crippen molar-refractivity contribution in [2.75, 3.05) is 5.73 Å². The zero-order valence-corrected chi connectivity index (χ0v) is 5.30. The summed E-state index contributed by atoms with van der Waals surface area (Å²) in [6, 6.07) is 1.69. The summed E-state index contributed by atoms with van der Waals surface area (Å²) >= 11 is 0. The van der Waals surface area contributed by atoms with Gasteiger partial charge < -0.3 is 8.59 Å². The largest absolute Gasteiger partial charge is 2.00 e. The van der Waals surface area contributed by atoms with Crippen LogP contribution in [-0.2, 0) is 0 Å². The molecule has 0 radical (unpaired) electrons. The molecule has 0 saturated heterocycles. The standard InChI is InChI=1S/C3H5N3.Mg.2H/c4-3-1-2-5-6-3;;;/h1-2H,(H3,4,5,6);;;/q;+2;2*-1. The Bertz CT molecular complexity index is 121. The third-order valence-electron chi connectivity index (χ3n) is 0.522. The Morgan fingerprint density at radius 1 is 1.86 bits per heavy atom. The van der Waals surface area contributed by atoms with Gasteiger partial charge in [0.05, 0.1) is 6.20 Å². The van der Waals surface area contributed by atoms with Crippen molar-refractivity contribution in [3.63, 3.8) is 0 Å². The first-order valence-corrected chi connectivity index (χ1v) is 1.64. The van der Waals surface area contributed by atoms with Crippen LogP contribution in [0.2, 0.25) is 0 Å². The molecular formula is C3H7MgN3. The first-order valence-electron chi connectivity index (χ1n) is 1.64. The smallest absolute Gasteiger partial charge is 1.00 e. The molecule has 1 aromatic rings. The number of aromatic nitrogens is 2. The van der Waals surface area contributed by atoms with E-state index < -0.39 is 0 Å². The van der Waals surface area contributed by atoms with Crippen LogP contribution in [0.5, 0.6) is 0 Å². The molecule has 0 saturated carbocycles. The SMILES string of the molecule is Nc1ccn[nH]1.[H-].[H-].[Mg+2]. The molecule has 0 unspecified atom stereocenters. The molecule has 0 amide bonds. The number of nitrogen functional groups attached to an aromatic ring is 1. The van der Waals surface area contributed by atoms with Gasteiger partial charge in [0.15, 0.2) is 0 Å². The van der Waals surface area contributed by atoms with Crippen LogP contribution in [0.3, 0.4) is 0 Å². The molecule has 0 aliphatic rings. The summed E-state index contributed by atoms with van der Waals surface area (Å²) in [5, 5.41) is 6.10. The Morgan fingerprint density at radius 3 is 2.71 bits per heavy atom. The molecule has 1 heterocycles. The van der Waals surface area contributed by atoms with Crippen LogP contribution >= 0.6 is 0 Å². The Labute approximate surface area is 60.4 Å². The molecule has 0 spiro atoms. The number of nitrogens with one attached hydrogen (secondary N) is 1. The quantitative estimate of drug-likeness (QED) is 0.455. The van der Waals surface area contributed by atoms with Crippen LogP contribution in [-0.4, -0.2) is 33.3 Å². The number of H-pyrrole nitrogens is 1. The van der Waals surface area contributed by atoms with E-state index in [9.17, 15) is 0 Å². The Hall–Kier alpha value is -0.224. The van der Waals surface area contributed by atoms with Gasteiger partial charge in [-0.25, -0.2) is 0 Å². The minimum absolute atomic E-state index is 0. The maximum Gasteiger partial charge on any atom is 2.00 e. The fourth-order valence-electron chi connectivity index (χ4n) is 0.267. The zero-order chi connectivity index (χ0) is 4.41. The number of hydrogen-bond donors (Lipinski definition) is 2. The monoisotopic (exact) mass is 109 g/mol. The first-order chi connectivity index (χ1) is 2.89. The van der Waals surface area contributed by atoms with E-state index in [2.05, 4.69) is 10.2 Å². The third kappa shape index (κ3) is 1.79. The van der Waals surface area contributed by atoms with Crippen molar-refractivity contribution >= 4 is 28.9 Å². The topological polar surface area (TPSA) is 54.7 Å². The van der Waals surface area contributed by atoms with Gasteiger partial charge in [0.2, 0.25) is 0 Å². The van der Waals surface area contributed by atoms with Crippen molar-refractivity contribution in [3.8, 4) is 0 Å². The summed E-state index contributed by atoms with van der Waals surface area (Å²) in [6.45, 7) is 0. The van der Waals surface area contributed by atoms with Crippen LogP contribution < -0.4 is 5.73 Å². The zero-order valence-electron chi connectivity index (χ0n) is 5.89. The fraction of sp³-hybridized carbons (Fsp3) is 0. The average molecular weight is 109 g/mol. The van der Waals surface area contributed by atoms with Crippen LogP contribution in [0.4, 0.5) is 5.82 Å². The van der Waals surface area contributed by atoms with E-state index in [1.54, 1.807) is 12.3 Å². The summed E-state index contributed by atoms with van der Waals surface area (Å²) in [5.74, 6) is 0.606. The number of aromatic amines is 1. The second-order valence-electron chi connectivity index (χ2n) is 1.01. The van der Waals surface area contributed by atoms with Gasteiger partial charge in [0, 0.05) is 0 Å². The summed E-state index contributed by atoms with van der Waals surface area (Å²) in [7, 11) is 0. The van der Waals surface area contributed by atoms with Crippen LogP contribution in [0, 0.1) is 0 Å². The molecule has 0 aromatic carbocycles. The Balaban J connectivity index is -0.000000120. The first kappa shape index (κ1) is 6.78. The van der Waals surface area contributed by atoms with E-state index in [0.29, 0.717) is 5.82 Å². The predicted molar refractivity (Wildman–Crippen MR) is 31.0 cm³/mol. The maximum absolute atomic E-state index is 5.16. The van der Waals surface area contributed by atoms with Crippen LogP contribution in [0.15, 0.2) is 12.3 Å². The number of hydrogen-bond acceptors (Lipinski definition) is 2. The molecule has 4 heteroatoms. The number of nitrogens with zero attached hydrogens (tertiary/aromatic N) is 1. The van der Waals surface area contributed by atoms with E-state index in [4.69, 9.17) is 5.73 Å². The van der Waals surface area contributed by atoms with E-state index in [-0.39, 0.29) is 25.9 Å². The fourth-order valence-corrected chi connectivity index (χ4v) is 0.267. The van der Waals surface area contributed by atoms with Crippen molar-refractivity contribution in [2.24, 2.45) is 0 Å². The Kier molecular flexibility index (Phi) is 2.78. The molecule has 0 bridgehead atoms. The molecule has 0 aliphatic carbocycles. The van der Waals surface area contributed by atoms with Gasteiger partial charge in [-0.05, 0) is 6.07 Å². The summed E-state index contributed by atoms with van der Waals surface area (Å²) < 4.78 is 0. The summed E-state index contributed by atoms with van der Waals surface area (Å²) in [6.07, 6.45) is 1.61. The minimum Gasteiger partial charge on any atom is -1.00 e. The van der Waals surface area contributed by atoms with Gasteiger partial charge in [0.25, 0.3) is 0 Å². The predicted octanol–water partition coefficient (Wildman–Crippen LogP) is -0.164.